The molecule has 0 saturated carbocycles. The Bertz CT molecular complexity index is 1420. The molecule has 3 aromatic carbocycles. The number of benzene rings is 3. The molecule has 0 aromatic heterocycles. The van der Waals surface area contributed by atoms with Gasteiger partial charge in [-0.25, -0.2) is 8.42 Å². The van der Waals surface area contributed by atoms with Crippen molar-refractivity contribution in [2.45, 2.75) is 52.0 Å². The summed E-state index contributed by atoms with van der Waals surface area (Å²) in [5, 5.41) is 5.61. The number of carbonyl (C=O) groups excluding carboxylic acids is 2. The van der Waals surface area contributed by atoms with E-state index < -0.39 is 27.9 Å². The second-order valence-corrected chi connectivity index (χ2v) is 10.9. The number of sulfonamides is 1. The van der Waals surface area contributed by atoms with Crippen LogP contribution in [0.3, 0.4) is 0 Å². The molecule has 0 fully saturated rings. The zero-order valence-electron chi connectivity index (χ0n) is 20.5. The van der Waals surface area contributed by atoms with Crippen molar-refractivity contribution >= 4 is 38.9 Å². The zero-order chi connectivity index (χ0) is 25.5. The lowest BCUT2D eigenvalue weighted by atomic mass is 10.1. The maximum absolute atomic E-state index is 14.1. The minimum absolute atomic E-state index is 0.146. The van der Waals surface area contributed by atoms with Gasteiger partial charge < -0.3 is 10.6 Å². The minimum Gasteiger partial charge on any atom is -0.326 e. The third-order valence-electron chi connectivity index (χ3n) is 6.15. The van der Waals surface area contributed by atoms with Gasteiger partial charge in [0.05, 0.1) is 22.7 Å². The van der Waals surface area contributed by atoms with Gasteiger partial charge in [0, 0.05) is 5.69 Å². The van der Waals surface area contributed by atoms with Crippen molar-refractivity contribution in [2.24, 2.45) is 0 Å². The molecular weight excluding hydrogens is 462 g/mol. The highest BCUT2D eigenvalue weighted by Crippen LogP contribution is 2.39. The third kappa shape index (κ3) is 4.66. The largest absolute Gasteiger partial charge is 0.326 e. The maximum atomic E-state index is 14.1. The van der Waals surface area contributed by atoms with Crippen molar-refractivity contribution in [2.75, 3.05) is 14.9 Å². The lowest BCUT2D eigenvalue weighted by molar-refractivity contribution is -0.122. The second-order valence-electron chi connectivity index (χ2n) is 9.12. The number of nitrogens with zero attached hydrogens (tertiary/aromatic N) is 1. The molecular formula is C27H29N3O4S. The average Bonchev–Trinajstić information content (AvgIpc) is 2.75. The quantitative estimate of drug-likeness (QED) is 0.537. The molecule has 2 N–H and O–H groups in total. The topological polar surface area (TPSA) is 95.6 Å². The van der Waals surface area contributed by atoms with Gasteiger partial charge in [0.1, 0.15) is 6.04 Å². The summed E-state index contributed by atoms with van der Waals surface area (Å²) in [5.74, 6) is -0.999. The Morgan fingerprint density at radius 3 is 2.26 bits per heavy atom. The Labute approximate surface area is 206 Å². The Hall–Kier alpha value is -3.65. The number of aryl methyl sites for hydroxylation is 5. The van der Waals surface area contributed by atoms with Gasteiger partial charge >= 0.3 is 0 Å². The number of nitrogens with one attached hydrogen (secondary N) is 2. The van der Waals surface area contributed by atoms with Crippen molar-refractivity contribution in [3.05, 3.63) is 82.4 Å². The fourth-order valence-electron chi connectivity index (χ4n) is 4.65. The molecule has 0 spiro atoms. The molecule has 1 aliphatic heterocycles. The molecule has 8 heteroatoms. The molecule has 0 aliphatic carbocycles. The standard InChI is InChI=1S/C27H29N3O4S/c1-16-10-11-18(3)22(14-16)28-25(31)15-24-27(32)29-21-8-6-7-9-23(21)30(24)35(33,34)26-19(4)12-17(2)13-20(26)5/h6-14,24H,15H2,1-5H3,(H,28,31)(H,29,32). The lowest BCUT2D eigenvalue weighted by Gasteiger charge is -2.37. The van der Waals surface area contributed by atoms with Crippen LogP contribution in [-0.4, -0.2) is 26.3 Å². The van der Waals surface area contributed by atoms with E-state index in [2.05, 4.69) is 10.6 Å². The molecule has 7 nitrogen and oxygen atoms in total. The average molecular weight is 492 g/mol. The van der Waals surface area contributed by atoms with E-state index in [9.17, 15) is 18.0 Å². The van der Waals surface area contributed by atoms with Gasteiger partial charge in [-0.3, -0.25) is 13.9 Å². The van der Waals surface area contributed by atoms with E-state index in [1.807, 2.05) is 39.0 Å². The summed E-state index contributed by atoms with van der Waals surface area (Å²) in [6.45, 7) is 9.18. The van der Waals surface area contributed by atoms with Crippen LogP contribution in [0.15, 0.2) is 59.5 Å². The predicted octanol–water partition coefficient (Wildman–Crippen LogP) is 4.77. The molecule has 1 unspecified atom stereocenters. The van der Waals surface area contributed by atoms with Gasteiger partial charge in [-0.05, 0) is 75.1 Å². The monoisotopic (exact) mass is 491 g/mol. The van der Waals surface area contributed by atoms with Gasteiger partial charge in [-0.1, -0.05) is 42.0 Å². The van der Waals surface area contributed by atoms with Crippen LogP contribution in [0.5, 0.6) is 0 Å². The van der Waals surface area contributed by atoms with E-state index in [0.29, 0.717) is 28.2 Å². The predicted molar refractivity (Wildman–Crippen MR) is 138 cm³/mol. The molecule has 3 aromatic rings. The molecule has 0 saturated heterocycles. The number of hydrogen-bond acceptors (Lipinski definition) is 4. The van der Waals surface area contributed by atoms with Crippen molar-refractivity contribution in [1.82, 2.24) is 0 Å². The summed E-state index contributed by atoms with van der Waals surface area (Å²) >= 11 is 0. The molecule has 0 bridgehead atoms. The molecule has 35 heavy (non-hydrogen) atoms. The molecule has 1 heterocycles. The number of hydrogen-bond donors (Lipinski definition) is 2. The van der Waals surface area contributed by atoms with E-state index in [1.54, 1.807) is 50.2 Å². The molecule has 1 aliphatic rings. The zero-order valence-corrected chi connectivity index (χ0v) is 21.3. The van der Waals surface area contributed by atoms with E-state index in [-0.39, 0.29) is 11.3 Å². The number of fused-ring (bicyclic) bond motifs is 1. The number of para-hydroxylation sites is 2. The Morgan fingerprint density at radius 2 is 1.57 bits per heavy atom. The maximum Gasteiger partial charge on any atom is 0.265 e. The molecule has 4 rings (SSSR count). The van der Waals surface area contributed by atoms with Crippen molar-refractivity contribution in [3.63, 3.8) is 0 Å². The Morgan fingerprint density at radius 1 is 0.914 bits per heavy atom. The summed E-state index contributed by atoms with van der Waals surface area (Å²) in [6.07, 6.45) is -0.337. The summed E-state index contributed by atoms with van der Waals surface area (Å²) in [7, 11) is -4.18. The highest BCUT2D eigenvalue weighted by atomic mass is 32.2. The number of rotatable bonds is 5. The van der Waals surface area contributed by atoms with Crippen LogP contribution in [0.25, 0.3) is 0 Å². The summed E-state index contributed by atoms with van der Waals surface area (Å²) < 4.78 is 29.3. The Kier molecular flexibility index (Phi) is 6.42. The fraction of sp³-hybridized carbons (Fsp3) is 0.259. The van der Waals surface area contributed by atoms with E-state index in [4.69, 9.17) is 0 Å². The van der Waals surface area contributed by atoms with E-state index in [1.165, 1.54) is 0 Å². The smallest absolute Gasteiger partial charge is 0.265 e. The van der Waals surface area contributed by atoms with Crippen LogP contribution in [0, 0.1) is 34.6 Å². The first-order valence-electron chi connectivity index (χ1n) is 11.4. The SMILES string of the molecule is Cc1cc(C)c(S(=O)(=O)N2c3ccccc3NC(=O)C2CC(=O)Nc2cc(C)ccc2C)c(C)c1. The van der Waals surface area contributed by atoms with Crippen LogP contribution in [0.4, 0.5) is 17.1 Å². The second kappa shape index (κ2) is 9.19. The van der Waals surface area contributed by atoms with E-state index >= 15 is 0 Å². The normalized spacial score (nSPS) is 15.4. The van der Waals surface area contributed by atoms with E-state index in [0.717, 1.165) is 21.0 Å². The molecule has 0 radical (unpaired) electrons. The van der Waals surface area contributed by atoms with Crippen LogP contribution in [-0.2, 0) is 19.6 Å². The van der Waals surface area contributed by atoms with Gasteiger partial charge in [-0.15, -0.1) is 0 Å². The van der Waals surface area contributed by atoms with Gasteiger partial charge in [-0.2, -0.15) is 0 Å². The first kappa shape index (κ1) is 24.5. The van der Waals surface area contributed by atoms with Crippen molar-refractivity contribution < 1.29 is 18.0 Å². The first-order chi connectivity index (χ1) is 16.5. The fourth-order valence-corrected chi connectivity index (χ4v) is 6.71. The van der Waals surface area contributed by atoms with Crippen LogP contribution < -0.4 is 14.9 Å². The van der Waals surface area contributed by atoms with Crippen molar-refractivity contribution in [1.29, 1.82) is 0 Å². The van der Waals surface area contributed by atoms with Gasteiger partial charge in [0.25, 0.3) is 10.0 Å². The third-order valence-corrected chi connectivity index (χ3v) is 8.28. The highest BCUT2D eigenvalue weighted by Gasteiger charge is 2.43. The minimum atomic E-state index is -4.18. The summed E-state index contributed by atoms with van der Waals surface area (Å²) in [6, 6.07) is 14.8. The molecule has 1 atom stereocenters. The number of amides is 2. The molecule has 182 valence electrons. The van der Waals surface area contributed by atoms with Crippen LogP contribution in [0.1, 0.15) is 34.2 Å². The van der Waals surface area contributed by atoms with Crippen LogP contribution >= 0.6 is 0 Å². The number of anilines is 3. The molecule has 2 amide bonds. The van der Waals surface area contributed by atoms with Gasteiger partial charge in [0.2, 0.25) is 11.8 Å². The summed E-state index contributed by atoms with van der Waals surface area (Å²) in [5.41, 5.74) is 5.31. The number of carbonyl (C=O) groups is 2. The van der Waals surface area contributed by atoms with Crippen LogP contribution in [0.2, 0.25) is 0 Å². The summed E-state index contributed by atoms with van der Waals surface area (Å²) in [4.78, 5) is 26.4. The van der Waals surface area contributed by atoms with Crippen molar-refractivity contribution in [3.8, 4) is 0 Å². The Balaban J connectivity index is 1.78. The van der Waals surface area contributed by atoms with Gasteiger partial charge in [0.15, 0.2) is 0 Å². The lowest BCUT2D eigenvalue weighted by Crippen LogP contribution is -2.52. The highest BCUT2D eigenvalue weighted by molar-refractivity contribution is 7.93. The first-order valence-corrected chi connectivity index (χ1v) is 12.8.